The first-order valence-corrected chi connectivity index (χ1v) is 9.55. The first kappa shape index (κ1) is 21.3. The number of hydrogen-bond acceptors (Lipinski definition) is 6. The predicted molar refractivity (Wildman–Crippen MR) is 112 cm³/mol. The van der Waals surface area contributed by atoms with Gasteiger partial charge in [0.05, 0.1) is 29.4 Å². The van der Waals surface area contributed by atoms with Gasteiger partial charge < -0.3 is 10.1 Å². The van der Waals surface area contributed by atoms with E-state index in [1.807, 2.05) is 11.9 Å². The molecule has 7 nitrogen and oxygen atoms in total. The zero-order chi connectivity index (χ0) is 21.0. The largest absolute Gasteiger partial charge is 0.378 e. The SMILES string of the molecule is CN1CCOCC1C(=O)N(C=S)c1ccc(NC(=O)c2cccc(F)n2)cc1Cl. The standard InChI is InChI=1S/C19H18ClFN4O3S/c1-24-7-8-28-10-16(24)19(27)25(11-29)15-6-5-12(9-13(15)20)22-18(26)14-3-2-4-17(21)23-14/h2-6,9,11,16H,7-8,10H2,1H3,(H,22,26). The van der Waals surface area contributed by atoms with E-state index in [9.17, 15) is 14.0 Å². The van der Waals surface area contributed by atoms with E-state index in [0.717, 1.165) is 6.07 Å². The Hall–Kier alpha value is -2.46. The zero-order valence-corrected chi connectivity index (χ0v) is 17.0. The lowest BCUT2D eigenvalue weighted by Gasteiger charge is -2.34. The smallest absolute Gasteiger partial charge is 0.274 e. The van der Waals surface area contributed by atoms with Crippen molar-refractivity contribution in [3.8, 4) is 0 Å². The Balaban J connectivity index is 1.78. The molecule has 1 aromatic heterocycles. The van der Waals surface area contributed by atoms with Crippen molar-refractivity contribution >= 4 is 52.5 Å². The number of hydrogen-bond donors (Lipinski definition) is 1. The van der Waals surface area contributed by atoms with E-state index in [-0.39, 0.29) is 23.2 Å². The van der Waals surface area contributed by atoms with Gasteiger partial charge in [0.2, 0.25) is 5.95 Å². The average molecular weight is 437 g/mol. The quantitative estimate of drug-likeness (QED) is 0.574. The van der Waals surface area contributed by atoms with Crippen molar-refractivity contribution in [2.75, 3.05) is 37.0 Å². The molecule has 0 bridgehead atoms. The van der Waals surface area contributed by atoms with Gasteiger partial charge in [-0.25, -0.2) is 4.98 Å². The maximum Gasteiger partial charge on any atom is 0.274 e. The number of aromatic nitrogens is 1. The van der Waals surface area contributed by atoms with Gasteiger partial charge in [-0.2, -0.15) is 4.39 Å². The van der Waals surface area contributed by atoms with Gasteiger partial charge in [-0.15, -0.1) is 0 Å². The van der Waals surface area contributed by atoms with Crippen molar-refractivity contribution in [2.24, 2.45) is 0 Å². The van der Waals surface area contributed by atoms with Gasteiger partial charge in [-0.3, -0.25) is 19.4 Å². The lowest BCUT2D eigenvalue weighted by Crippen LogP contribution is -2.53. The number of halogens is 2. The lowest BCUT2D eigenvalue weighted by molar-refractivity contribution is -0.127. The Kier molecular flexibility index (Phi) is 6.86. The molecule has 1 fully saturated rings. The summed E-state index contributed by atoms with van der Waals surface area (Å²) in [6, 6.07) is 8.08. The number of nitrogens with zero attached hydrogens (tertiary/aromatic N) is 3. The van der Waals surface area contributed by atoms with Crippen LogP contribution in [0.5, 0.6) is 0 Å². The molecule has 0 aliphatic carbocycles. The van der Waals surface area contributed by atoms with Gasteiger partial charge in [0.25, 0.3) is 11.8 Å². The fraction of sp³-hybridized carbons (Fsp3) is 0.263. The molecule has 1 aliphatic heterocycles. The van der Waals surface area contributed by atoms with E-state index in [0.29, 0.717) is 24.5 Å². The first-order valence-electron chi connectivity index (χ1n) is 8.70. The summed E-state index contributed by atoms with van der Waals surface area (Å²) in [5, 5.41) is 2.80. The molecule has 1 saturated heterocycles. The van der Waals surface area contributed by atoms with E-state index in [1.165, 1.54) is 28.6 Å². The van der Waals surface area contributed by atoms with Crippen molar-refractivity contribution in [3.05, 3.63) is 53.1 Å². The van der Waals surface area contributed by atoms with Crippen molar-refractivity contribution in [2.45, 2.75) is 6.04 Å². The second-order valence-corrected chi connectivity index (χ2v) is 6.97. The molecule has 2 amide bonds. The Morgan fingerprint density at radius 2 is 2.21 bits per heavy atom. The summed E-state index contributed by atoms with van der Waals surface area (Å²) in [4.78, 5) is 31.8. The molecule has 0 spiro atoms. The van der Waals surface area contributed by atoms with Crippen LogP contribution < -0.4 is 10.2 Å². The van der Waals surface area contributed by atoms with Crippen molar-refractivity contribution in [1.82, 2.24) is 9.88 Å². The lowest BCUT2D eigenvalue weighted by atomic mass is 10.2. The summed E-state index contributed by atoms with van der Waals surface area (Å²) < 4.78 is 18.6. The number of rotatable bonds is 5. The highest BCUT2D eigenvalue weighted by Crippen LogP contribution is 2.29. The molecule has 1 aliphatic rings. The molecule has 0 saturated carbocycles. The third-order valence-electron chi connectivity index (χ3n) is 4.44. The van der Waals surface area contributed by atoms with Crippen molar-refractivity contribution in [1.29, 1.82) is 0 Å². The Bertz CT molecular complexity index is 945. The molecule has 1 N–H and O–H groups in total. The van der Waals surface area contributed by atoms with Gasteiger partial charge in [-0.1, -0.05) is 29.9 Å². The van der Waals surface area contributed by atoms with Crippen LogP contribution in [0.2, 0.25) is 5.02 Å². The zero-order valence-electron chi connectivity index (χ0n) is 15.5. The van der Waals surface area contributed by atoms with Gasteiger partial charge in [-0.05, 0) is 37.4 Å². The number of benzene rings is 1. The molecule has 2 heterocycles. The van der Waals surface area contributed by atoms with Crippen LogP contribution in [0.15, 0.2) is 36.4 Å². The number of nitrogens with one attached hydrogen (secondary N) is 1. The van der Waals surface area contributed by atoms with Gasteiger partial charge >= 0.3 is 0 Å². The minimum Gasteiger partial charge on any atom is -0.378 e. The minimum absolute atomic E-state index is 0.0683. The van der Waals surface area contributed by atoms with E-state index < -0.39 is 17.9 Å². The minimum atomic E-state index is -0.752. The summed E-state index contributed by atoms with van der Waals surface area (Å²) in [7, 11) is 1.84. The van der Waals surface area contributed by atoms with Crippen LogP contribution in [-0.2, 0) is 9.53 Å². The molecule has 152 valence electrons. The Morgan fingerprint density at radius 1 is 1.41 bits per heavy atom. The van der Waals surface area contributed by atoms with Gasteiger partial charge in [0, 0.05) is 12.2 Å². The second kappa shape index (κ2) is 9.36. The first-order chi connectivity index (χ1) is 13.9. The van der Waals surface area contributed by atoms with Crippen LogP contribution in [-0.4, -0.2) is 60.0 Å². The number of carbonyl (C=O) groups excluding carboxylic acids is 2. The summed E-state index contributed by atoms with van der Waals surface area (Å²) in [6.45, 7) is 1.46. The maximum atomic E-state index is 13.2. The van der Waals surface area contributed by atoms with Gasteiger partial charge in [0.1, 0.15) is 11.7 Å². The van der Waals surface area contributed by atoms with Crippen LogP contribution in [0.4, 0.5) is 15.8 Å². The monoisotopic (exact) mass is 436 g/mol. The molecular weight excluding hydrogens is 419 g/mol. The van der Waals surface area contributed by atoms with Crippen molar-refractivity contribution in [3.63, 3.8) is 0 Å². The number of morpholine rings is 1. The van der Waals surface area contributed by atoms with Crippen LogP contribution in [0.25, 0.3) is 0 Å². The number of ether oxygens (including phenoxy) is 1. The summed E-state index contributed by atoms with van der Waals surface area (Å²) in [5.41, 5.74) is 1.90. The summed E-state index contributed by atoms with van der Waals surface area (Å²) in [6.07, 6.45) is 0. The van der Waals surface area contributed by atoms with Crippen molar-refractivity contribution < 1.29 is 18.7 Å². The molecule has 0 radical (unpaired) electrons. The molecule has 10 heteroatoms. The van der Waals surface area contributed by atoms with E-state index >= 15 is 0 Å². The molecule has 3 rings (SSSR count). The van der Waals surface area contributed by atoms with E-state index in [4.69, 9.17) is 28.6 Å². The van der Waals surface area contributed by atoms with Crippen LogP contribution in [0.1, 0.15) is 10.5 Å². The topological polar surface area (TPSA) is 74.8 Å². The third kappa shape index (κ3) is 4.94. The molecule has 2 aromatic rings. The number of carbonyl (C=O) groups is 2. The van der Waals surface area contributed by atoms with E-state index in [2.05, 4.69) is 10.3 Å². The second-order valence-electron chi connectivity index (χ2n) is 6.35. The number of anilines is 2. The maximum absolute atomic E-state index is 13.2. The van der Waals surface area contributed by atoms with Crippen LogP contribution >= 0.6 is 23.8 Å². The van der Waals surface area contributed by atoms with Gasteiger partial charge in [0.15, 0.2) is 0 Å². The average Bonchev–Trinajstić information content (AvgIpc) is 2.70. The Labute approximate surface area is 177 Å². The summed E-state index contributed by atoms with van der Waals surface area (Å²) in [5.74, 6) is -1.60. The number of likely N-dealkylation sites (N-methyl/N-ethyl adjacent to an activating group) is 1. The molecule has 1 aromatic carbocycles. The van der Waals surface area contributed by atoms with E-state index in [1.54, 1.807) is 12.1 Å². The van der Waals surface area contributed by atoms with Crippen LogP contribution in [0, 0.1) is 5.95 Å². The molecular formula is C19H18ClFN4O3S. The fourth-order valence-corrected chi connectivity index (χ4v) is 3.33. The molecule has 1 atom stereocenters. The normalized spacial score (nSPS) is 16.9. The number of thiocarbonyl (C=S) groups is 1. The molecule has 1 unspecified atom stereocenters. The highest BCUT2D eigenvalue weighted by molar-refractivity contribution is 7.79. The third-order valence-corrected chi connectivity index (χ3v) is 4.95. The highest BCUT2D eigenvalue weighted by Gasteiger charge is 2.31. The number of pyridine rings is 1. The summed E-state index contributed by atoms with van der Waals surface area (Å²) >= 11 is 11.4. The predicted octanol–water partition coefficient (Wildman–Crippen LogP) is 2.75. The fourth-order valence-electron chi connectivity index (χ4n) is 2.84. The highest BCUT2D eigenvalue weighted by atomic mass is 35.5. The number of amides is 2. The molecule has 29 heavy (non-hydrogen) atoms. The van der Waals surface area contributed by atoms with Crippen LogP contribution in [0.3, 0.4) is 0 Å². The Morgan fingerprint density at radius 3 is 2.86 bits per heavy atom.